The van der Waals surface area contributed by atoms with Crippen LogP contribution in [0.1, 0.15) is 12.8 Å². The van der Waals surface area contributed by atoms with Gasteiger partial charge in [-0.3, -0.25) is 9.59 Å². The first-order chi connectivity index (χ1) is 14.4. The summed E-state index contributed by atoms with van der Waals surface area (Å²) in [4.78, 5) is 27.2. The fourth-order valence-electron chi connectivity index (χ4n) is 3.86. The van der Waals surface area contributed by atoms with Gasteiger partial charge in [-0.1, -0.05) is 18.2 Å². The summed E-state index contributed by atoms with van der Waals surface area (Å²) >= 11 is 1.17. The Morgan fingerprint density at radius 1 is 1.17 bits per heavy atom. The van der Waals surface area contributed by atoms with Gasteiger partial charge in [-0.25, -0.2) is 8.42 Å². The SMILES string of the molecule is CNC(=O)[C@H]1CN(C(=O)[C@@H]2CCCN(S(=O)(=O)c3cccs3)C2)c2ccccc2O1. The maximum atomic E-state index is 13.5. The third-order valence-electron chi connectivity index (χ3n) is 5.40. The van der Waals surface area contributed by atoms with Crippen LogP contribution in [-0.2, 0) is 19.6 Å². The van der Waals surface area contributed by atoms with E-state index in [1.165, 1.54) is 22.7 Å². The highest BCUT2D eigenvalue weighted by molar-refractivity contribution is 7.91. The molecule has 0 aliphatic carbocycles. The lowest BCUT2D eigenvalue weighted by molar-refractivity contribution is -0.128. The summed E-state index contributed by atoms with van der Waals surface area (Å²) in [5, 5.41) is 4.28. The fourth-order valence-corrected chi connectivity index (χ4v) is 6.53. The van der Waals surface area contributed by atoms with Gasteiger partial charge in [0.25, 0.3) is 15.9 Å². The van der Waals surface area contributed by atoms with Gasteiger partial charge in [0.05, 0.1) is 18.2 Å². The van der Waals surface area contributed by atoms with Crippen molar-refractivity contribution in [2.45, 2.75) is 23.2 Å². The summed E-state index contributed by atoms with van der Waals surface area (Å²) in [6.45, 7) is 0.609. The van der Waals surface area contributed by atoms with Gasteiger partial charge in [-0.2, -0.15) is 4.31 Å². The number of rotatable bonds is 4. The highest BCUT2D eigenvalue weighted by Crippen LogP contribution is 2.35. The number of piperidine rings is 1. The van der Waals surface area contributed by atoms with Crippen molar-refractivity contribution >= 4 is 38.9 Å². The molecule has 2 aromatic rings. The highest BCUT2D eigenvalue weighted by Gasteiger charge is 2.39. The number of benzene rings is 1. The Bertz CT molecular complexity index is 1040. The molecule has 2 aliphatic heterocycles. The number of ether oxygens (including phenoxy) is 1. The monoisotopic (exact) mass is 449 g/mol. The maximum Gasteiger partial charge on any atom is 0.262 e. The van der Waals surface area contributed by atoms with Crippen LogP contribution >= 0.6 is 11.3 Å². The summed E-state index contributed by atoms with van der Waals surface area (Å²) in [5.41, 5.74) is 0.598. The topological polar surface area (TPSA) is 96.0 Å². The molecule has 4 rings (SSSR count). The van der Waals surface area contributed by atoms with Gasteiger partial charge in [-0.05, 0) is 36.4 Å². The molecule has 1 aromatic heterocycles. The van der Waals surface area contributed by atoms with E-state index in [0.29, 0.717) is 30.8 Å². The van der Waals surface area contributed by atoms with Gasteiger partial charge in [0, 0.05) is 20.1 Å². The van der Waals surface area contributed by atoms with Gasteiger partial charge in [-0.15, -0.1) is 11.3 Å². The number of likely N-dealkylation sites (N-methyl/N-ethyl adjacent to an activating group) is 1. The molecule has 0 saturated carbocycles. The van der Waals surface area contributed by atoms with Crippen LogP contribution in [0.25, 0.3) is 0 Å². The van der Waals surface area contributed by atoms with Crippen LogP contribution in [0.3, 0.4) is 0 Å². The molecule has 0 unspecified atom stereocenters. The van der Waals surface area contributed by atoms with Gasteiger partial charge < -0.3 is 15.0 Å². The van der Waals surface area contributed by atoms with Crippen molar-refractivity contribution in [3.05, 3.63) is 41.8 Å². The van der Waals surface area contributed by atoms with Crippen molar-refractivity contribution in [2.24, 2.45) is 5.92 Å². The van der Waals surface area contributed by atoms with E-state index in [-0.39, 0.29) is 29.1 Å². The molecule has 1 aromatic carbocycles. The average Bonchev–Trinajstić information content (AvgIpc) is 3.33. The lowest BCUT2D eigenvalue weighted by Gasteiger charge is -2.38. The Balaban J connectivity index is 1.58. The molecule has 0 radical (unpaired) electrons. The number of hydrogen-bond donors (Lipinski definition) is 1. The van der Waals surface area contributed by atoms with Crippen molar-refractivity contribution in [3.8, 4) is 5.75 Å². The molecular weight excluding hydrogens is 426 g/mol. The Labute approximate surface area is 179 Å². The summed E-state index contributed by atoms with van der Waals surface area (Å²) in [7, 11) is -2.09. The molecule has 0 bridgehead atoms. The van der Waals surface area contributed by atoms with Crippen LogP contribution in [0, 0.1) is 5.92 Å². The van der Waals surface area contributed by atoms with E-state index >= 15 is 0 Å². The minimum atomic E-state index is -3.61. The second-order valence-electron chi connectivity index (χ2n) is 7.27. The van der Waals surface area contributed by atoms with Crippen LogP contribution < -0.4 is 15.0 Å². The van der Waals surface area contributed by atoms with E-state index in [9.17, 15) is 18.0 Å². The average molecular weight is 450 g/mol. The Hall–Kier alpha value is -2.43. The summed E-state index contributed by atoms with van der Waals surface area (Å²) in [6, 6.07) is 10.4. The number of carbonyl (C=O) groups excluding carboxylic acids is 2. The third kappa shape index (κ3) is 3.82. The highest BCUT2D eigenvalue weighted by atomic mass is 32.2. The van der Waals surface area contributed by atoms with Crippen LogP contribution in [0.2, 0.25) is 0 Å². The zero-order chi connectivity index (χ0) is 21.3. The minimum Gasteiger partial charge on any atom is -0.477 e. The molecule has 8 nitrogen and oxygen atoms in total. The fraction of sp³-hybridized carbons (Fsp3) is 0.400. The molecule has 1 N–H and O–H groups in total. The molecule has 30 heavy (non-hydrogen) atoms. The molecule has 2 aliphatic rings. The molecular formula is C20H23N3O5S2. The molecule has 3 heterocycles. The third-order valence-corrected chi connectivity index (χ3v) is 8.64. The molecule has 2 atom stereocenters. The van der Waals surface area contributed by atoms with E-state index in [2.05, 4.69) is 5.32 Å². The summed E-state index contributed by atoms with van der Waals surface area (Å²) in [6.07, 6.45) is 0.383. The van der Waals surface area contributed by atoms with Gasteiger partial charge in [0.15, 0.2) is 6.10 Å². The standard InChI is InChI=1S/C20H23N3O5S2/c1-21-19(24)17-13-23(15-7-2-3-8-16(15)28-17)20(25)14-6-4-10-22(12-14)30(26,27)18-9-5-11-29-18/h2-3,5,7-9,11,14,17H,4,6,10,12-13H2,1H3,(H,21,24)/t14-,17-/m1/s1. The lowest BCUT2D eigenvalue weighted by Crippen LogP contribution is -2.53. The summed E-state index contributed by atoms with van der Waals surface area (Å²) < 4.78 is 33.3. The van der Waals surface area contributed by atoms with Crippen LogP contribution in [0.5, 0.6) is 5.75 Å². The van der Waals surface area contributed by atoms with Crippen LogP contribution in [0.4, 0.5) is 5.69 Å². The number of nitrogens with zero attached hydrogens (tertiary/aromatic N) is 2. The van der Waals surface area contributed by atoms with E-state index in [1.54, 1.807) is 46.7 Å². The van der Waals surface area contributed by atoms with Crippen LogP contribution in [-0.4, -0.2) is 57.3 Å². The number of nitrogens with one attached hydrogen (secondary N) is 1. The first-order valence-electron chi connectivity index (χ1n) is 9.74. The number of sulfonamides is 1. The number of anilines is 1. The first-order valence-corrected chi connectivity index (χ1v) is 12.1. The second-order valence-corrected chi connectivity index (χ2v) is 10.4. The van der Waals surface area contributed by atoms with E-state index in [1.807, 2.05) is 0 Å². The van der Waals surface area contributed by atoms with E-state index < -0.39 is 22.0 Å². The predicted octanol–water partition coefficient (Wildman–Crippen LogP) is 1.69. The first kappa shape index (κ1) is 20.8. The van der Waals surface area contributed by atoms with Crippen molar-refractivity contribution in [1.82, 2.24) is 9.62 Å². The van der Waals surface area contributed by atoms with Crippen LogP contribution in [0.15, 0.2) is 46.0 Å². The van der Waals surface area contributed by atoms with Crippen molar-refractivity contribution < 1.29 is 22.7 Å². The van der Waals surface area contributed by atoms with Gasteiger partial charge in [0.2, 0.25) is 5.91 Å². The number of amides is 2. The normalized spacial score (nSPS) is 22.1. The molecule has 2 amide bonds. The predicted molar refractivity (Wildman–Crippen MR) is 113 cm³/mol. The maximum absolute atomic E-state index is 13.5. The zero-order valence-electron chi connectivity index (χ0n) is 16.5. The molecule has 1 saturated heterocycles. The number of para-hydroxylation sites is 2. The number of hydrogen-bond acceptors (Lipinski definition) is 6. The Morgan fingerprint density at radius 2 is 1.97 bits per heavy atom. The van der Waals surface area contributed by atoms with E-state index in [0.717, 1.165) is 0 Å². The second kappa shape index (κ2) is 8.37. The van der Waals surface area contributed by atoms with Gasteiger partial charge in [0.1, 0.15) is 9.96 Å². The van der Waals surface area contributed by atoms with Crippen molar-refractivity contribution in [2.75, 3.05) is 31.6 Å². The molecule has 1 fully saturated rings. The van der Waals surface area contributed by atoms with Gasteiger partial charge >= 0.3 is 0 Å². The molecule has 160 valence electrons. The number of thiophene rings is 1. The van der Waals surface area contributed by atoms with E-state index in [4.69, 9.17) is 4.74 Å². The Morgan fingerprint density at radius 3 is 2.70 bits per heavy atom. The number of carbonyl (C=O) groups is 2. The lowest BCUT2D eigenvalue weighted by atomic mass is 9.97. The quantitative estimate of drug-likeness (QED) is 0.766. The molecule has 0 spiro atoms. The minimum absolute atomic E-state index is 0.0870. The van der Waals surface area contributed by atoms with Crippen molar-refractivity contribution in [3.63, 3.8) is 0 Å². The molecule has 10 heteroatoms. The zero-order valence-corrected chi connectivity index (χ0v) is 18.1. The Kier molecular flexibility index (Phi) is 5.81. The number of fused-ring (bicyclic) bond motifs is 1. The van der Waals surface area contributed by atoms with Crippen molar-refractivity contribution in [1.29, 1.82) is 0 Å². The largest absolute Gasteiger partial charge is 0.477 e. The smallest absolute Gasteiger partial charge is 0.262 e. The summed E-state index contributed by atoms with van der Waals surface area (Å²) in [5.74, 6) is -0.520.